The second-order valence-corrected chi connectivity index (χ2v) is 5.25. The number of nitrogens with one attached hydrogen (secondary N) is 1. The van der Waals surface area contributed by atoms with Crippen molar-refractivity contribution in [3.63, 3.8) is 0 Å². The number of amides is 1. The smallest absolute Gasteiger partial charge is 0.271 e. The number of carbonyl (C=O) groups is 1. The number of hydrogen-bond donors (Lipinski definition) is 3. The number of primary amides is 1. The molecular weight excluding hydrogens is 321 g/mol. The molecule has 0 aliphatic heterocycles. The summed E-state index contributed by atoms with van der Waals surface area (Å²) in [5, 5.41) is 3.01. The maximum Gasteiger partial charge on any atom is 0.271 e. The summed E-state index contributed by atoms with van der Waals surface area (Å²) in [7, 11) is 0. The van der Waals surface area contributed by atoms with Gasteiger partial charge in [0.15, 0.2) is 16.7 Å². The standard InChI is InChI=1S/C15H17ClFN5O/c1-2-11-13(16)22-15(12(21-11)14(19)23)20-10-6-8(3-4-18)5-9(17)7-10/h5-7H,2-4,18H2,1H3,(H2,19,23)(H,20,22). The van der Waals surface area contributed by atoms with Gasteiger partial charge in [-0.05, 0) is 43.1 Å². The van der Waals surface area contributed by atoms with Gasteiger partial charge in [0.1, 0.15) is 5.82 Å². The summed E-state index contributed by atoms with van der Waals surface area (Å²) in [6, 6.07) is 4.38. The molecule has 0 fully saturated rings. The van der Waals surface area contributed by atoms with Gasteiger partial charge in [-0.15, -0.1) is 0 Å². The van der Waals surface area contributed by atoms with Crippen LogP contribution >= 0.6 is 11.6 Å². The highest BCUT2D eigenvalue weighted by atomic mass is 35.5. The number of nitrogens with zero attached hydrogens (tertiary/aromatic N) is 2. The largest absolute Gasteiger partial charge is 0.364 e. The number of anilines is 2. The number of aromatic nitrogens is 2. The normalized spacial score (nSPS) is 10.6. The Labute approximate surface area is 138 Å². The molecule has 0 bridgehead atoms. The van der Waals surface area contributed by atoms with Crippen molar-refractivity contribution in [2.24, 2.45) is 11.5 Å². The fraction of sp³-hybridized carbons (Fsp3) is 0.267. The third-order valence-electron chi connectivity index (χ3n) is 3.14. The van der Waals surface area contributed by atoms with Crippen molar-refractivity contribution in [2.45, 2.75) is 19.8 Å². The first-order chi connectivity index (χ1) is 10.9. The van der Waals surface area contributed by atoms with Gasteiger partial charge in [0.25, 0.3) is 5.91 Å². The predicted octanol–water partition coefficient (Wildman–Crippen LogP) is 2.18. The molecule has 23 heavy (non-hydrogen) atoms. The van der Waals surface area contributed by atoms with Crippen LogP contribution in [-0.4, -0.2) is 22.4 Å². The van der Waals surface area contributed by atoms with Crippen molar-refractivity contribution < 1.29 is 9.18 Å². The fourth-order valence-corrected chi connectivity index (χ4v) is 2.36. The van der Waals surface area contributed by atoms with Crippen molar-refractivity contribution in [1.29, 1.82) is 0 Å². The zero-order valence-corrected chi connectivity index (χ0v) is 13.3. The highest BCUT2D eigenvalue weighted by Crippen LogP contribution is 2.23. The van der Waals surface area contributed by atoms with Gasteiger partial charge < -0.3 is 16.8 Å². The molecule has 0 unspecified atom stereocenters. The van der Waals surface area contributed by atoms with E-state index in [0.29, 0.717) is 30.8 Å². The second kappa shape index (κ2) is 7.34. The van der Waals surface area contributed by atoms with Gasteiger partial charge in [0.2, 0.25) is 0 Å². The monoisotopic (exact) mass is 337 g/mol. The number of aryl methyl sites for hydroxylation is 1. The molecule has 6 nitrogen and oxygen atoms in total. The minimum Gasteiger partial charge on any atom is -0.364 e. The number of hydrogen-bond acceptors (Lipinski definition) is 5. The number of rotatable bonds is 6. The van der Waals surface area contributed by atoms with E-state index in [2.05, 4.69) is 15.3 Å². The molecule has 1 amide bonds. The number of carbonyl (C=O) groups excluding carboxylic acids is 1. The Bertz CT molecular complexity index is 738. The van der Waals surface area contributed by atoms with Crippen LogP contribution in [0, 0.1) is 5.82 Å². The summed E-state index contributed by atoms with van der Waals surface area (Å²) in [5.74, 6) is -1.09. The Morgan fingerprint density at radius 2 is 2.09 bits per heavy atom. The first-order valence-electron chi connectivity index (χ1n) is 7.07. The van der Waals surface area contributed by atoms with Crippen LogP contribution in [0.25, 0.3) is 0 Å². The maximum absolute atomic E-state index is 13.7. The Morgan fingerprint density at radius 1 is 1.35 bits per heavy atom. The second-order valence-electron chi connectivity index (χ2n) is 4.89. The molecule has 122 valence electrons. The zero-order chi connectivity index (χ0) is 17.0. The Morgan fingerprint density at radius 3 is 2.70 bits per heavy atom. The molecule has 0 atom stereocenters. The van der Waals surface area contributed by atoms with Crippen LogP contribution in [0.15, 0.2) is 18.2 Å². The topological polar surface area (TPSA) is 107 Å². The van der Waals surface area contributed by atoms with E-state index in [9.17, 15) is 9.18 Å². The Hall–Kier alpha value is -2.25. The van der Waals surface area contributed by atoms with Gasteiger partial charge >= 0.3 is 0 Å². The molecule has 0 saturated carbocycles. The molecule has 0 aliphatic carbocycles. The van der Waals surface area contributed by atoms with Crippen molar-refractivity contribution in [3.05, 3.63) is 46.1 Å². The van der Waals surface area contributed by atoms with E-state index < -0.39 is 11.7 Å². The highest BCUT2D eigenvalue weighted by Gasteiger charge is 2.16. The molecule has 5 N–H and O–H groups in total. The molecule has 0 radical (unpaired) electrons. The van der Waals surface area contributed by atoms with Crippen LogP contribution in [0.1, 0.15) is 28.7 Å². The van der Waals surface area contributed by atoms with E-state index in [4.69, 9.17) is 23.1 Å². The van der Waals surface area contributed by atoms with Gasteiger partial charge in [0, 0.05) is 5.69 Å². The average Bonchev–Trinajstić information content (AvgIpc) is 2.46. The summed E-state index contributed by atoms with van der Waals surface area (Å²) in [4.78, 5) is 19.8. The SMILES string of the molecule is CCc1nc(C(N)=O)c(Nc2cc(F)cc(CCN)c2)nc1Cl. The van der Waals surface area contributed by atoms with Crippen molar-refractivity contribution in [3.8, 4) is 0 Å². The van der Waals surface area contributed by atoms with Gasteiger partial charge in [-0.3, -0.25) is 4.79 Å². The lowest BCUT2D eigenvalue weighted by Gasteiger charge is -2.12. The lowest BCUT2D eigenvalue weighted by atomic mass is 10.1. The summed E-state index contributed by atoms with van der Waals surface area (Å²) in [6.45, 7) is 2.23. The van der Waals surface area contributed by atoms with Crippen LogP contribution in [-0.2, 0) is 12.8 Å². The lowest BCUT2D eigenvalue weighted by molar-refractivity contribution is 0.0996. The molecular formula is C15H17ClFN5O. The van der Waals surface area contributed by atoms with Crippen molar-refractivity contribution >= 4 is 29.0 Å². The Kier molecular flexibility index (Phi) is 5.46. The third kappa shape index (κ3) is 4.14. The molecule has 0 aliphatic rings. The quantitative estimate of drug-likeness (QED) is 0.749. The van der Waals surface area contributed by atoms with Gasteiger partial charge in [-0.2, -0.15) is 0 Å². The summed E-state index contributed by atoms with van der Waals surface area (Å²) < 4.78 is 13.7. The molecule has 0 saturated heterocycles. The van der Waals surface area contributed by atoms with Gasteiger partial charge in [-0.25, -0.2) is 14.4 Å². The molecule has 1 aromatic carbocycles. The number of benzene rings is 1. The predicted molar refractivity (Wildman–Crippen MR) is 87.4 cm³/mol. The van der Waals surface area contributed by atoms with E-state index in [-0.39, 0.29) is 16.7 Å². The minimum absolute atomic E-state index is 0.0455. The molecule has 2 rings (SSSR count). The fourth-order valence-electron chi connectivity index (χ4n) is 2.10. The zero-order valence-electron chi connectivity index (χ0n) is 12.6. The van der Waals surface area contributed by atoms with Gasteiger partial charge in [-0.1, -0.05) is 18.5 Å². The van der Waals surface area contributed by atoms with Gasteiger partial charge in [0.05, 0.1) is 5.69 Å². The first kappa shape index (κ1) is 17.1. The van der Waals surface area contributed by atoms with Crippen LogP contribution in [0.3, 0.4) is 0 Å². The summed E-state index contributed by atoms with van der Waals surface area (Å²) in [6.07, 6.45) is 1.03. The number of nitrogens with two attached hydrogens (primary N) is 2. The minimum atomic E-state index is -0.745. The maximum atomic E-state index is 13.7. The van der Waals surface area contributed by atoms with E-state index in [1.54, 1.807) is 6.07 Å². The molecule has 2 aromatic rings. The molecule has 0 spiro atoms. The van der Waals surface area contributed by atoms with Crippen LogP contribution < -0.4 is 16.8 Å². The van der Waals surface area contributed by atoms with E-state index in [1.165, 1.54) is 12.1 Å². The highest BCUT2D eigenvalue weighted by molar-refractivity contribution is 6.30. The molecule has 8 heteroatoms. The first-order valence-corrected chi connectivity index (χ1v) is 7.45. The van der Waals surface area contributed by atoms with Crippen LogP contribution in [0.5, 0.6) is 0 Å². The number of halogens is 2. The van der Waals surface area contributed by atoms with Crippen LogP contribution in [0.4, 0.5) is 15.9 Å². The van der Waals surface area contributed by atoms with Crippen LogP contribution in [0.2, 0.25) is 5.15 Å². The Balaban J connectivity index is 2.43. The van der Waals surface area contributed by atoms with E-state index in [1.807, 2.05) is 6.92 Å². The lowest BCUT2D eigenvalue weighted by Crippen LogP contribution is -2.18. The van der Waals surface area contributed by atoms with Crippen molar-refractivity contribution in [1.82, 2.24) is 9.97 Å². The van der Waals surface area contributed by atoms with E-state index >= 15 is 0 Å². The van der Waals surface area contributed by atoms with E-state index in [0.717, 1.165) is 5.56 Å². The van der Waals surface area contributed by atoms with Crippen molar-refractivity contribution in [2.75, 3.05) is 11.9 Å². The molecule has 1 heterocycles. The molecule has 1 aromatic heterocycles. The third-order valence-corrected chi connectivity index (χ3v) is 3.44. The summed E-state index contributed by atoms with van der Waals surface area (Å²) >= 11 is 6.03. The summed E-state index contributed by atoms with van der Waals surface area (Å²) in [5.41, 5.74) is 12.4. The average molecular weight is 338 g/mol.